The van der Waals surface area contributed by atoms with E-state index >= 15 is 0 Å². The highest BCUT2D eigenvalue weighted by molar-refractivity contribution is 9.10. The molecule has 9 heteroatoms. The number of aromatic nitrogens is 2. The van der Waals surface area contributed by atoms with Crippen molar-refractivity contribution >= 4 is 27.7 Å². The van der Waals surface area contributed by atoms with Gasteiger partial charge in [0.2, 0.25) is 0 Å². The lowest BCUT2D eigenvalue weighted by Gasteiger charge is -2.52. The molecule has 0 amide bonds. The fourth-order valence-electron chi connectivity index (χ4n) is 7.93. The molecule has 0 unspecified atom stereocenters. The molecule has 2 heterocycles. The monoisotopic (exact) mass is 572 g/mol. The lowest BCUT2D eigenvalue weighted by molar-refractivity contribution is -0.302. The molecule has 8 atom stereocenters. The second-order valence-corrected chi connectivity index (χ2v) is 13.4. The molecule has 198 valence electrons. The van der Waals surface area contributed by atoms with Crippen LogP contribution in [0.25, 0.3) is 0 Å². The first kappa shape index (κ1) is 25.3. The van der Waals surface area contributed by atoms with Gasteiger partial charge in [0.05, 0.1) is 16.5 Å². The maximum absolute atomic E-state index is 14.7. The third-order valence-electron chi connectivity index (χ3n) is 9.76. The molecule has 5 aliphatic rings. The number of ketones is 1. The van der Waals surface area contributed by atoms with Crippen LogP contribution < -0.4 is 0 Å². The maximum atomic E-state index is 14.7. The number of aliphatic hydroxyl groups is 1. The van der Waals surface area contributed by atoms with Crippen molar-refractivity contribution in [3.05, 3.63) is 46.0 Å². The van der Waals surface area contributed by atoms with Gasteiger partial charge >= 0.3 is 5.97 Å². The van der Waals surface area contributed by atoms with Gasteiger partial charge in [-0.1, -0.05) is 32.9 Å². The van der Waals surface area contributed by atoms with E-state index in [2.05, 4.69) is 39.7 Å². The lowest BCUT2D eigenvalue weighted by Crippen LogP contribution is -2.68. The number of allylic oxidation sites excluding steroid dienone is 1. The van der Waals surface area contributed by atoms with Gasteiger partial charge in [0, 0.05) is 12.1 Å². The smallest absolute Gasteiger partial charge is 0.358 e. The SMILES string of the molecule is CC1=C[C@]23C(=O)[C@@H](C=C4COC(C)(C)O[C@H]4[C@]2(O)[C@H]1OC(=O)c1ncncc1Br)[C@H]1[C@@H](C[C@H]3C)C1(C)C. The van der Waals surface area contributed by atoms with Crippen molar-refractivity contribution in [3.8, 4) is 0 Å². The number of nitrogens with zero attached hydrogens (tertiary/aromatic N) is 2. The quantitative estimate of drug-likeness (QED) is 0.418. The zero-order valence-electron chi connectivity index (χ0n) is 21.9. The van der Waals surface area contributed by atoms with Crippen LogP contribution in [0.15, 0.2) is 40.3 Å². The number of hydrogen-bond donors (Lipinski definition) is 1. The highest BCUT2D eigenvalue weighted by atomic mass is 79.9. The van der Waals surface area contributed by atoms with Crippen molar-refractivity contribution in [1.29, 1.82) is 0 Å². The summed E-state index contributed by atoms with van der Waals surface area (Å²) in [7, 11) is 0. The molecule has 1 aromatic heterocycles. The number of rotatable bonds is 2. The van der Waals surface area contributed by atoms with Crippen molar-refractivity contribution in [2.24, 2.45) is 34.5 Å². The van der Waals surface area contributed by atoms with Gasteiger partial charge in [-0.2, -0.15) is 0 Å². The third-order valence-corrected chi connectivity index (χ3v) is 10.3. The van der Waals surface area contributed by atoms with Crippen LogP contribution in [0, 0.1) is 34.5 Å². The molecular formula is C28H33BrN2O6. The molecule has 1 aromatic rings. The van der Waals surface area contributed by atoms with Crippen molar-refractivity contribution in [1.82, 2.24) is 9.97 Å². The Bertz CT molecular complexity index is 1270. The van der Waals surface area contributed by atoms with Crippen molar-refractivity contribution < 1.29 is 28.9 Å². The zero-order valence-corrected chi connectivity index (χ0v) is 23.5. The Morgan fingerprint density at radius 3 is 2.70 bits per heavy atom. The highest BCUT2D eigenvalue weighted by Gasteiger charge is 2.77. The predicted molar refractivity (Wildman–Crippen MR) is 136 cm³/mol. The summed E-state index contributed by atoms with van der Waals surface area (Å²) in [5.41, 5.74) is -1.70. The number of carbonyl (C=O) groups excluding carboxylic acids is 2. The summed E-state index contributed by atoms with van der Waals surface area (Å²) in [5, 5.41) is 13.0. The summed E-state index contributed by atoms with van der Waals surface area (Å²) in [5.74, 6) is -1.77. The van der Waals surface area contributed by atoms with Crippen LogP contribution in [-0.4, -0.2) is 57.0 Å². The number of carbonyl (C=O) groups is 2. The Morgan fingerprint density at radius 1 is 1.27 bits per heavy atom. The Kier molecular flexibility index (Phi) is 5.35. The van der Waals surface area contributed by atoms with Crippen LogP contribution in [0.1, 0.15) is 58.5 Å². The number of halogens is 1. The Labute approximate surface area is 225 Å². The summed E-state index contributed by atoms with van der Waals surface area (Å²) in [6.07, 6.45) is 5.38. The lowest BCUT2D eigenvalue weighted by atomic mass is 9.59. The average Bonchev–Trinajstić information content (AvgIpc) is 3.31. The number of hydrogen-bond acceptors (Lipinski definition) is 8. The van der Waals surface area contributed by atoms with Gasteiger partial charge < -0.3 is 19.3 Å². The van der Waals surface area contributed by atoms with Crippen LogP contribution in [0.4, 0.5) is 0 Å². The Morgan fingerprint density at radius 2 is 2.00 bits per heavy atom. The molecule has 4 aliphatic carbocycles. The van der Waals surface area contributed by atoms with E-state index in [-0.39, 0.29) is 41.3 Å². The fraction of sp³-hybridized carbons (Fsp3) is 0.643. The first-order valence-electron chi connectivity index (χ1n) is 12.9. The minimum absolute atomic E-state index is 0.0232. The van der Waals surface area contributed by atoms with Gasteiger partial charge in [-0.05, 0) is 77.4 Å². The second-order valence-electron chi connectivity index (χ2n) is 12.5. The van der Waals surface area contributed by atoms with Crippen LogP contribution in [0.3, 0.4) is 0 Å². The van der Waals surface area contributed by atoms with Crippen molar-refractivity contribution in [3.63, 3.8) is 0 Å². The second kappa shape index (κ2) is 7.81. The first-order valence-corrected chi connectivity index (χ1v) is 13.7. The third kappa shape index (κ3) is 3.23. The largest absolute Gasteiger partial charge is 0.450 e. The van der Waals surface area contributed by atoms with E-state index < -0.39 is 35.0 Å². The Hall–Kier alpha value is -1.94. The molecule has 0 radical (unpaired) electrons. The van der Waals surface area contributed by atoms with E-state index in [0.29, 0.717) is 16.0 Å². The van der Waals surface area contributed by atoms with Gasteiger partial charge in [0.1, 0.15) is 12.4 Å². The molecule has 3 fully saturated rings. The molecule has 1 saturated heterocycles. The molecule has 1 spiro atoms. The van der Waals surface area contributed by atoms with E-state index in [4.69, 9.17) is 14.2 Å². The average molecular weight is 573 g/mol. The summed E-state index contributed by atoms with van der Waals surface area (Å²) in [6, 6.07) is 0. The number of esters is 1. The van der Waals surface area contributed by atoms with Crippen molar-refractivity contribution in [2.75, 3.05) is 6.61 Å². The van der Waals surface area contributed by atoms with E-state index in [1.165, 1.54) is 12.5 Å². The molecule has 2 bridgehead atoms. The topological polar surface area (TPSA) is 108 Å². The maximum Gasteiger partial charge on any atom is 0.358 e. The molecular weight excluding hydrogens is 540 g/mol. The molecule has 1 aliphatic heterocycles. The van der Waals surface area contributed by atoms with Gasteiger partial charge in [-0.15, -0.1) is 0 Å². The predicted octanol–water partition coefficient (Wildman–Crippen LogP) is 4.03. The van der Waals surface area contributed by atoms with Gasteiger partial charge in [-0.3, -0.25) is 4.79 Å². The molecule has 2 saturated carbocycles. The van der Waals surface area contributed by atoms with E-state index in [9.17, 15) is 14.7 Å². The molecule has 1 N–H and O–H groups in total. The number of fused-ring (bicyclic) bond motifs is 5. The first-order chi connectivity index (χ1) is 17.3. The van der Waals surface area contributed by atoms with Crippen molar-refractivity contribution in [2.45, 2.75) is 71.6 Å². The van der Waals surface area contributed by atoms with Crippen LogP contribution in [0.5, 0.6) is 0 Å². The Balaban J connectivity index is 1.52. The fourth-order valence-corrected chi connectivity index (χ4v) is 8.31. The van der Waals surface area contributed by atoms with Crippen LogP contribution >= 0.6 is 15.9 Å². The molecule has 37 heavy (non-hydrogen) atoms. The van der Waals surface area contributed by atoms with E-state index in [0.717, 1.165) is 12.0 Å². The van der Waals surface area contributed by atoms with E-state index in [1.807, 2.05) is 26.0 Å². The molecule has 6 rings (SSSR count). The molecule has 8 nitrogen and oxygen atoms in total. The summed E-state index contributed by atoms with van der Waals surface area (Å²) in [4.78, 5) is 36.0. The summed E-state index contributed by atoms with van der Waals surface area (Å²) in [6.45, 7) is 12.1. The van der Waals surface area contributed by atoms with Gasteiger partial charge in [0.25, 0.3) is 0 Å². The standard InChI is InChI=1S/C28H33BrN2O6/c1-13-9-27-14(2)7-17-19(25(17,3)4)16(21(27)32)8-15-11-35-26(5,6)37-23(15)28(27,34)22(13)36-24(33)20-18(29)10-30-12-31-20/h8-10,12,14,16-17,19,22-23,34H,7,11H2,1-6H3/t14-,16+,17-,19+,22+,23-,27+,28-/m1/s1. The summed E-state index contributed by atoms with van der Waals surface area (Å²) >= 11 is 3.31. The highest BCUT2D eigenvalue weighted by Crippen LogP contribution is 2.72. The molecule has 0 aromatic carbocycles. The van der Waals surface area contributed by atoms with Gasteiger partial charge in [0.15, 0.2) is 29.0 Å². The van der Waals surface area contributed by atoms with Crippen LogP contribution in [-0.2, 0) is 19.0 Å². The summed E-state index contributed by atoms with van der Waals surface area (Å²) < 4.78 is 18.9. The number of Topliss-reactive ketones (excluding diaryl/α,β-unsaturated/α-hetero) is 1. The minimum Gasteiger partial charge on any atom is -0.450 e. The minimum atomic E-state index is -1.86. The zero-order chi connectivity index (χ0) is 26.7. The van der Waals surface area contributed by atoms with E-state index in [1.54, 1.807) is 13.8 Å². The number of ether oxygens (including phenoxy) is 3. The normalized spacial score (nSPS) is 42.8. The van der Waals surface area contributed by atoms with Gasteiger partial charge in [-0.25, -0.2) is 14.8 Å². The van der Waals surface area contributed by atoms with Crippen LogP contribution in [0.2, 0.25) is 0 Å².